The molecule has 2 atom stereocenters. The zero-order valence-corrected chi connectivity index (χ0v) is 20.9. The molecular formula is C26H38O3Si. The fourth-order valence-electron chi connectivity index (χ4n) is 2.93. The maximum absolute atomic E-state index is 6.86. The van der Waals surface area contributed by atoms with E-state index in [1.165, 1.54) is 0 Å². The van der Waals surface area contributed by atoms with Gasteiger partial charge in [-0.1, -0.05) is 76.2 Å². The molecule has 0 unspecified atom stereocenters. The van der Waals surface area contributed by atoms with Crippen molar-refractivity contribution in [3.05, 3.63) is 71.8 Å². The SMILES string of the molecule is C=C(C)[C@@H](C)[C@H](O[Si](C)(C)C(C)(C)C)c1ccc(OCc2ccccc2)c(OC)c1. The molecule has 30 heavy (non-hydrogen) atoms. The Hall–Kier alpha value is -2.04. The molecule has 2 aromatic carbocycles. The van der Waals surface area contributed by atoms with Crippen molar-refractivity contribution in [2.75, 3.05) is 7.11 Å². The Kier molecular flexibility index (Phi) is 7.95. The first-order chi connectivity index (χ1) is 14.0. The van der Waals surface area contributed by atoms with Crippen molar-refractivity contribution < 1.29 is 13.9 Å². The van der Waals surface area contributed by atoms with Crippen LogP contribution in [-0.2, 0) is 11.0 Å². The van der Waals surface area contributed by atoms with Gasteiger partial charge in [0.25, 0.3) is 0 Å². The van der Waals surface area contributed by atoms with Crippen molar-refractivity contribution in [3.63, 3.8) is 0 Å². The van der Waals surface area contributed by atoms with E-state index in [2.05, 4.69) is 78.6 Å². The van der Waals surface area contributed by atoms with Crippen molar-refractivity contribution in [1.82, 2.24) is 0 Å². The van der Waals surface area contributed by atoms with Gasteiger partial charge in [0.05, 0.1) is 13.2 Å². The zero-order chi connectivity index (χ0) is 22.5. The Bertz CT molecular complexity index is 837. The number of benzene rings is 2. The molecule has 0 aromatic heterocycles. The second-order valence-electron chi connectivity index (χ2n) is 9.62. The third kappa shape index (κ3) is 5.99. The van der Waals surface area contributed by atoms with Crippen molar-refractivity contribution >= 4 is 8.32 Å². The van der Waals surface area contributed by atoms with E-state index in [0.29, 0.717) is 6.61 Å². The molecule has 3 nitrogen and oxygen atoms in total. The molecule has 0 amide bonds. The fraction of sp³-hybridized carbons (Fsp3) is 0.462. The predicted octanol–water partition coefficient (Wildman–Crippen LogP) is 7.55. The van der Waals surface area contributed by atoms with E-state index in [1.807, 2.05) is 24.3 Å². The molecule has 0 aliphatic rings. The minimum absolute atomic E-state index is 0.0690. The van der Waals surface area contributed by atoms with Gasteiger partial charge in [-0.25, -0.2) is 0 Å². The first kappa shape index (κ1) is 24.2. The van der Waals surface area contributed by atoms with Crippen molar-refractivity contribution in [2.45, 2.75) is 65.5 Å². The van der Waals surface area contributed by atoms with Gasteiger partial charge in [0.15, 0.2) is 19.8 Å². The van der Waals surface area contributed by atoms with E-state index in [0.717, 1.165) is 28.2 Å². The van der Waals surface area contributed by atoms with Gasteiger partial charge < -0.3 is 13.9 Å². The zero-order valence-electron chi connectivity index (χ0n) is 19.9. The quantitative estimate of drug-likeness (QED) is 0.306. The molecule has 0 saturated carbocycles. The maximum Gasteiger partial charge on any atom is 0.192 e. The molecule has 0 N–H and O–H groups in total. The highest BCUT2D eigenvalue weighted by Crippen LogP contribution is 2.44. The first-order valence-electron chi connectivity index (χ1n) is 10.6. The van der Waals surface area contributed by atoms with Gasteiger partial charge in [0, 0.05) is 5.92 Å². The second kappa shape index (κ2) is 9.84. The van der Waals surface area contributed by atoms with Gasteiger partial charge in [0.1, 0.15) is 6.61 Å². The lowest BCUT2D eigenvalue weighted by Crippen LogP contribution is -2.43. The van der Waals surface area contributed by atoms with Gasteiger partial charge in [-0.2, -0.15) is 0 Å². The maximum atomic E-state index is 6.86. The lowest BCUT2D eigenvalue weighted by atomic mass is 9.92. The van der Waals surface area contributed by atoms with E-state index in [-0.39, 0.29) is 17.1 Å². The first-order valence-corrected chi connectivity index (χ1v) is 13.5. The average Bonchev–Trinajstić information content (AvgIpc) is 2.69. The monoisotopic (exact) mass is 426 g/mol. The van der Waals surface area contributed by atoms with Crippen LogP contribution < -0.4 is 9.47 Å². The van der Waals surface area contributed by atoms with E-state index in [9.17, 15) is 0 Å². The summed E-state index contributed by atoms with van der Waals surface area (Å²) in [5, 5.41) is 0.128. The molecule has 4 heteroatoms. The molecule has 0 aliphatic heterocycles. The van der Waals surface area contributed by atoms with Gasteiger partial charge in [-0.05, 0) is 48.3 Å². The van der Waals surface area contributed by atoms with Crippen LogP contribution in [0.15, 0.2) is 60.7 Å². The Morgan fingerprint density at radius 3 is 2.20 bits per heavy atom. The van der Waals surface area contributed by atoms with Crippen LogP contribution in [0.25, 0.3) is 0 Å². The van der Waals surface area contributed by atoms with Gasteiger partial charge >= 0.3 is 0 Å². The molecule has 0 spiro atoms. The van der Waals surface area contributed by atoms with Crippen LogP contribution in [0, 0.1) is 5.92 Å². The Balaban J connectivity index is 2.33. The van der Waals surface area contributed by atoms with Crippen LogP contribution in [0.1, 0.15) is 51.8 Å². The number of rotatable bonds is 9. The summed E-state index contributed by atoms with van der Waals surface area (Å²) in [6.07, 6.45) is -0.0690. The number of hydrogen-bond acceptors (Lipinski definition) is 3. The number of ether oxygens (including phenoxy) is 2. The number of hydrogen-bond donors (Lipinski definition) is 0. The van der Waals surface area contributed by atoms with Crippen LogP contribution in [0.5, 0.6) is 11.5 Å². The van der Waals surface area contributed by atoms with Crippen molar-refractivity contribution in [3.8, 4) is 11.5 Å². The normalized spacial score (nSPS) is 14.1. The minimum atomic E-state index is -1.97. The van der Waals surface area contributed by atoms with Crippen LogP contribution in [0.2, 0.25) is 18.1 Å². The summed E-state index contributed by atoms with van der Waals surface area (Å²) in [5.74, 6) is 1.65. The Morgan fingerprint density at radius 1 is 1.03 bits per heavy atom. The lowest BCUT2D eigenvalue weighted by molar-refractivity contribution is 0.142. The van der Waals surface area contributed by atoms with E-state index in [1.54, 1.807) is 7.11 Å². The Morgan fingerprint density at radius 2 is 1.67 bits per heavy atom. The Labute approximate surface area is 184 Å². The molecule has 0 aliphatic carbocycles. The summed E-state index contributed by atoms with van der Waals surface area (Å²) in [5.41, 5.74) is 3.33. The molecule has 0 bridgehead atoms. The third-order valence-corrected chi connectivity index (χ3v) is 10.7. The summed E-state index contributed by atoms with van der Waals surface area (Å²) < 4.78 is 18.6. The summed E-state index contributed by atoms with van der Waals surface area (Å²) in [7, 11) is -0.292. The minimum Gasteiger partial charge on any atom is -0.493 e. The van der Waals surface area contributed by atoms with E-state index in [4.69, 9.17) is 13.9 Å². The average molecular weight is 427 g/mol. The molecule has 164 valence electrons. The van der Waals surface area contributed by atoms with Crippen LogP contribution >= 0.6 is 0 Å². The molecule has 2 rings (SSSR count). The van der Waals surface area contributed by atoms with Gasteiger partial charge in [-0.15, -0.1) is 0 Å². The van der Waals surface area contributed by atoms with Crippen molar-refractivity contribution in [2.24, 2.45) is 5.92 Å². The standard InChI is InChI=1S/C26H38O3Si/c1-19(2)20(3)25(29-30(8,9)26(4,5)6)22-15-16-23(24(17-22)27-7)28-18-21-13-11-10-12-14-21/h10-17,20,25H,1,18H2,2-9H3/t20-,25+/m1/s1. The molecule has 0 saturated heterocycles. The largest absolute Gasteiger partial charge is 0.493 e. The molecule has 0 fully saturated rings. The highest BCUT2D eigenvalue weighted by molar-refractivity contribution is 6.74. The third-order valence-electron chi connectivity index (χ3n) is 6.21. The summed E-state index contributed by atoms with van der Waals surface area (Å²) >= 11 is 0. The molecular weight excluding hydrogens is 388 g/mol. The summed E-state index contributed by atoms with van der Waals surface area (Å²) in [6.45, 7) is 20.3. The number of methoxy groups -OCH3 is 1. The summed E-state index contributed by atoms with van der Waals surface area (Å²) in [6, 6.07) is 16.3. The van der Waals surface area contributed by atoms with Crippen LogP contribution in [-0.4, -0.2) is 15.4 Å². The van der Waals surface area contributed by atoms with E-state index < -0.39 is 8.32 Å². The highest BCUT2D eigenvalue weighted by atomic mass is 28.4. The molecule has 2 aromatic rings. The second-order valence-corrected chi connectivity index (χ2v) is 14.4. The van der Waals surface area contributed by atoms with Gasteiger partial charge in [-0.3, -0.25) is 0 Å². The lowest BCUT2D eigenvalue weighted by Gasteiger charge is -2.41. The van der Waals surface area contributed by atoms with Crippen LogP contribution in [0.4, 0.5) is 0 Å². The van der Waals surface area contributed by atoms with Crippen molar-refractivity contribution in [1.29, 1.82) is 0 Å². The summed E-state index contributed by atoms with van der Waals surface area (Å²) in [4.78, 5) is 0. The molecule has 0 heterocycles. The van der Waals surface area contributed by atoms with Gasteiger partial charge in [0.2, 0.25) is 0 Å². The topological polar surface area (TPSA) is 27.7 Å². The smallest absolute Gasteiger partial charge is 0.192 e. The predicted molar refractivity (Wildman–Crippen MR) is 129 cm³/mol. The molecule has 0 radical (unpaired) electrons. The highest BCUT2D eigenvalue weighted by Gasteiger charge is 2.40. The fourth-order valence-corrected chi connectivity index (χ4v) is 4.26. The van der Waals surface area contributed by atoms with E-state index >= 15 is 0 Å². The van der Waals surface area contributed by atoms with Crippen LogP contribution in [0.3, 0.4) is 0 Å².